The number of hydrogen-bond acceptors (Lipinski definition) is 7. The molecule has 25 heavy (non-hydrogen) atoms. The fourth-order valence-corrected chi connectivity index (χ4v) is 3.36. The Morgan fingerprint density at radius 2 is 2.16 bits per heavy atom. The van der Waals surface area contributed by atoms with E-state index in [4.69, 9.17) is 8.83 Å². The first-order chi connectivity index (χ1) is 12.1. The van der Waals surface area contributed by atoms with Gasteiger partial charge in [-0.15, -0.1) is 10.2 Å². The first kappa shape index (κ1) is 17.5. The number of imide groups is 1. The van der Waals surface area contributed by atoms with E-state index in [1.54, 1.807) is 12.1 Å². The van der Waals surface area contributed by atoms with Gasteiger partial charge in [-0.05, 0) is 30.9 Å². The van der Waals surface area contributed by atoms with Gasteiger partial charge in [0.25, 0.3) is 11.1 Å². The maximum absolute atomic E-state index is 11.9. The second-order valence-corrected chi connectivity index (χ2v) is 6.96. The number of rotatable bonds is 5. The predicted molar refractivity (Wildman–Crippen MR) is 90.8 cm³/mol. The summed E-state index contributed by atoms with van der Waals surface area (Å²) in [6.45, 7) is 2.12. The van der Waals surface area contributed by atoms with Gasteiger partial charge in [-0.3, -0.25) is 10.1 Å². The maximum atomic E-state index is 11.9. The standard InChI is InChI=1S/C16H20N4O4S/c1-10-5-2-3-6-11(10)17-15(22)18-13(21)9-25-16-20-19-14(24-16)12-7-4-8-23-12/h4,7-8,10-11H,2-3,5-6,9H2,1H3,(H2,17,18,21,22)/t10-,11+/m1/s1. The molecule has 0 spiro atoms. The van der Waals surface area contributed by atoms with Crippen molar-refractivity contribution in [1.29, 1.82) is 0 Å². The molecule has 1 fully saturated rings. The van der Waals surface area contributed by atoms with E-state index in [2.05, 4.69) is 27.8 Å². The molecule has 0 unspecified atom stereocenters. The number of amides is 3. The van der Waals surface area contributed by atoms with Crippen molar-refractivity contribution in [2.45, 2.75) is 43.9 Å². The van der Waals surface area contributed by atoms with E-state index in [1.807, 2.05) is 0 Å². The lowest BCUT2D eigenvalue weighted by Gasteiger charge is -2.29. The van der Waals surface area contributed by atoms with Gasteiger partial charge in [0.15, 0.2) is 5.76 Å². The molecule has 2 aromatic heterocycles. The van der Waals surface area contributed by atoms with E-state index in [-0.39, 0.29) is 22.9 Å². The average molecular weight is 364 g/mol. The molecule has 3 amide bonds. The zero-order chi connectivity index (χ0) is 17.6. The Morgan fingerprint density at radius 3 is 2.92 bits per heavy atom. The number of carbonyl (C=O) groups excluding carboxylic acids is 2. The summed E-state index contributed by atoms with van der Waals surface area (Å²) in [7, 11) is 0. The van der Waals surface area contributed by atoms with Crippen LogP contribution in [0.5, 0.6) is 0 Å². The molecule has 2 atom stereocenters. The highest BCUT2D eigenvalue weighted by molar-refractivity contribution is 7.99. The highest BCUT2D eigenvalue weighted by Gasteiger charge is 2.23. The molecule has 0 radical (unpaired) electrons. The van der Waals surface area contributed by atoms with Gasteiger partial charge in [0.2, 0.25) is 5.91 Å². The van der Waals surface area contributed by atoms with Crippen LogP contribution in [0.15, 0.2) is 32.5 Å². The summed E-state index contributed by atoms with van der Waals surface area (Å²) in [4.78, 5) is 23.8. The molecule has 134 valence electrons. The minimum absolute atomic E-state index is 0.00737. The lowest BCUT2D eigenvalue weighted by molar-refractivity contribution is -0.117. The highest BCUT2D eigenvalue weighted by atomic mass is 32.2. The van der Waals surface area contributed by atoms with Crippen molar-refractivity contribution >= 4 is 23.7 Å². The second-order valence-electron chi connectivity index (χ2n) is 6.03. The largest absolute Gasteiger partial charge is 0.459 e. The molecule has 2 N–H and O–H groups in total. The van der Waals surface area contributed by atoms with Crippen LogP contribution in [-0.2, 0) is 4.79 Å². The summed E-state index contributed by atoms with van der Waals surface area (Å²) in [6, 6.07) is 3.09. The Kier molecular flexibility index (Phi) is 5.75. The highest BCUT2D eigenvalue weighted by Crippen LogP contribution is 2.24. The molecule has 1 aliphatic rings. The van der Waals surface area contributed by atoms with Crippen LogP contribution in [0.1, 0.15) is 32.6 Å². The average Bonchev–Trinajstić information content (AvgIpc) is 3.26. The molecule has 0 bridgehead atoms. The molecule has 2 heterocycles. The number of thioether (sulfide) groups is 1. The molecule has 8 nitrogen and oxygen atoms in total. The minimum Gasteiger partial charge on any atom is -0.459 e. The molecular weight excluding hydrogens is 344 g/mol. The Balaban J connectivity index is 1.42. The molecule has 1 aliphatic carbocycles. The third kappa shape index (κ3) is 4.85. The van der Waals surface area contributed by atoms with Crippen molar-refractivity contribution in [3.8, 4) is 11.7 Å². The fourth-order valence-electron chi connectivity index (χ4n) is 2.79. The Bertz CT molecular complexity index is 716. The lowest BCUT2D eigenvalue weighted by atomic mass is 9.86. The lowest BCUT2D eigenvalue weighted by Crippen LogP contribution is -2.48. The number of hydrogen-bond donors (Lipinski definition) is 2. The van der Waals surface area contributed by atoms with Crippen molar-refractivity contribution < 1.29 is 18.4 Å². The van der Waals surface area contributed by atoms with E-state index < -0.39 is 11.9 Å². The van der Waals surface area contributed by atoms with Crippen LogP contribution in [0.25, 0.3) is 11.7 Å². The predicted octanol–water partition coefficient (Wildman–Crippen LogP) is 2.83. The van der Waals surface area contributed by atoms with Crippen LogP contribution in [0.2, 0.25) is 0 Å². The summed E-state index contributed by atoms with van der Waals surface area (Å²) < 4.78 is 10.5. The zero-order valence-corrected chi connectivity index (χ0v) is 14.7. The first-order valence-electron chi connectivity index (χ1n) is 8.22. The zero-order valence-electron chi connectivity index (χ0n) is 13.9. The third-order valence-corrected chi connectivity index (χ3v) is 4.96. The molecular formula is C16H20N4O4S. The smallest absolute Gasteiger partial charge is 0.321 e. The molecule has 9 heteroatoms. The van der Waals surface area contributed by atoms with Crippen molar-refractivity contribution in [2.24, 2.45) is 5.92 Å². The van der Waals surface area contributed by atoms with Crippen LogP contribution in [0.3, 0.4) is 0 Å². The van der Waals surface area contributed by atoms with Crippen molar-refractivity contribution in [3.05, 3.63) is 18.4 Å². The number of carbonyl (C=O) groups is 2. The SMILES string of the molecule is C[C@@H]1CCCC[C@@H]1NC(=O)NC(=O)CSc1nnc(-c2ccco2)o1. The maximum Gasteiger partial charge on any atom is 0.321 e. The molecule has 0 aliphatic heterocycles. The van der Waals surface area contributed by atoms with Gasteiger partial charge in [-0.2, -0.15) is 0 Å². The molecule has 2 aromatic rings. The van der Waals surface area contributed by atoms with Gasteiger partial charge in [0.1, 0.15) is 0 Å². The van der Waals surface area contributed by atoms with Gasteiger partial charge in [0, 0.05) is 6.04 Å². The monoisotopic (exact) mass is 364 g/mol. The van der Waals surface area contributed by atoms with Gasteiger partial charge in [-0.1, -0.05) is 31.5 Å². The number of urea groups is 1. The van der Waals surface area contributed by atoms with E-state index in [0.717, 1.165) is 31.0 Å². The van der Waals surface area contributed by atoms with Crippen molar-refractivity contribution in [1.82, 2.24) is 20.8 Å². The summed E-state index contributed by atoms with van der Waals surface area (Å²) >= 11 is 1.06. The normalized spacial score (nSPS) is 20.2. The van der Waals surface area contributed by atoms with Crippen molar-refractivity contribution in [3.63, 3.8) is 0 Å². The van der Waals surface area contributed by atoms with Crippen LogP contribution in [-0.4, -0.2) is 33.9 Å². The Morgan fingerprint density at radius 1 is 1.32 bits per heavy atom. The van der Waals surface area contributed by atoms with E-state index in [1.165, 1.54) is 12.7 Å². The Hall–Kier alpha value is -2.29. The number of aromatic nitrogens is 2. The summed E-state index contributed by atoms with van der Waals surface area (Å²) in [5.74, 6) is 0.737. The van der Waals surface area contributed by atoms with E-state index in [0.29, 0.717) is 11.7 Å². The quantitative estimate of drug-likeness (QED) is 0.785. The minimum atomic E-state index is -0.453. The topological polar surface area (TPSA) is 110 Å². The van der Waals surface area contributed by atoms with Crippen LogP contribution >= 0.6 is 11.8 Å². The number of nitrogens with zero attached hydrogens (tertiary/aromatic N) is 2. The molecule has 1 saturated carbocycles. The summed E-state index contributed by atoms with van der Waals surface area (Å²) in [5.41, 5.74) is 0. The van der Waals surface area contributed by atoms with Crippen molar-refractivity contribution in [2.75, 3.05) is 5.75 Å². The third-order valence-electron chi connectivity index (χ3n) is 4.15. The molecule has 3 rings (SSSR count). The molecule has 0 aromatic carbocycles. The number of nitrogens with one attached hydrogen (secondary N) is 2. The Labute approximate surface area is 149 Å². The van der Waals surface area contributed by atoms with Gasteiger partial charge in [0.05, 0.1) is 12.0 Å². The van der Waals surface area contributed by atoms with Gasteiger partial charge < -0.3 is 14.2 Å². The van der Waals surface area contributed by atoms with Gasteiger partial charge in [-0.25, -0.2) is 4.79 Å². The first-order valence-corrected chi connectivity index (χ1v) is 9.21. The van der Waals surface area contributed by atoms with E-state index in [9.17, 15) is 9.59 Å². The van der Waals surface area contributed by atoms with Gasteiger partial charge >= 0.3 is 6.03 Å². The summed E-state index contributed by atoms with van der Waals surface area (Å²) in [5, 5.41) is 13.1. The van der Waals surface area contributed by atoms with E-state index >= 15 is 0 Å². The number of furan rings is 1. The summed E-state index contributed by atoms with van der Waals surface area (Å²) in [6.07, 6.45) is 5.86. The fraction of sp³-hybridized carbons (Fsp3) is 0.500. The molecule has 0 saturated heterocycles. The second kappa shape index (κ2) is 8.19. The van der Waals surface area contributed by atoms with Crippen LogP contribution < -0.4 is 10.6 Å². The van der Waals surface area contributed by atoms with Crippen LogP contribution in [0, 0.1) is 5.92 Å². The van der Waals surface area contributed by atoms with Crippen LogP contribution in [0.4, 0.5) is 4.79 Å².